The monoisotopic (exact) mass is 218 g/mol. The molecule has 0 atom stereocenters. The normalized spacial score (nSPS) is 15.6. The maximum Gasteiger partial charge on any atom is 0.0506 e. The van der Waals surface area contributed by atoms with Crippen LogP contribution in [0.3, 0.4) is 0 Å². The van der Waals surface area contributed by atoms with Gasteiger partial charge in [0.2, 0.25) is 0 Å². The summed E-state index contributed by atoms with van der Waals surface area (Å²) in [5.41, 5.74) is 4.10. The molecule has 0 amide bonds. The van der Waals surface area contributed by atoms with Crippen LogP contribution in [0, 0.1) is 6.92 Å². The Bertz CT molecular complexity index is 322. The molecular formula is C15H22O. The first kappa shape index (κ1) is 13.0. The summed E-state index contributed by atoms with van der Waals surface area (Å²) in [7, 11) is 0. The third kappa shape index (κ3) is 3.82. The summed E-state index contributed by atoms with van der Waals surface area (Å²) in [6, 6.07) is 8.74. The minimum atomic E-state index is 0.861. The third-order valence-corrected chi connectivity index (χ3v) is 2.59. The molecule has 1 nitrogen and oxygen atoms in total. The van der Waals surface area contributed by atoms with Crippen molar-refractivity contribution in [2.24, 2.45) is 0 Å². The lowest BCUT2D eigenvalue weighted by atomic mass is 10.0. The van der Waals surface area contributed by atoms with Crippen molar-refractivity contribution in [2.45, 2.75) is 33.6 Å². The highest BCUT2D eigenvalue weighted by atomic mass is 16.5. The molecular weight excluding hydrogens is 196 g/mol. The van der Waals surface area contributed by atoms with E-state index in [0.29, 0.717) is 0 Å². The van der Waals surface area contributed by atoms with Gasteiger partial charge in [-0.05, 0) is 30.9 Å². The molecule has 0 saturated heterocycles. The molecule has 0 bridgehead atoms. The van der Waals surface area contributed by atoms with Crippen molar-refractivity contribution in [3.05, 3.63) is 41.5 Å². The smallest absolute Gasteiger partial charge is 0.0506 e. The number of ether oxygens (including phenoxy) is 1. The minimum Gasteiger partial charge on any atom is -0.381 e. The van der Waals surface area contributed by atoms with Gasteiger partial charge >= 0.3 is 0 Å². The predicted octanol–water partition coefficient (Wildman–Crippen LogP) is 4.22. The van der Waals surface area contributed by atoms with Crippen molar-refractivity contribution in [3.8, 4) is 0 Å². The number of benzene rings is 1. The van der Waals surface area contributed by atoms with Crippen LogP contribution in [0.2, 0.25) is 0 Å². The maximum atomic E-state index is 5.42. The average Bonchev–Trinajstić information content (AvgIpc) is 2.61. The Morgan fingerprint density at radius 2 is 1.69 bits per heavy atom. The highest BCUT2D eigenvalue weighted by Crippen LogP contribution is 2.21. The van der Waals surface area contributed by atoms with E-state index in [1.165, 1.54) is 16.7 Å². The van der Waals surface area contributed by atoms with Crippen LogP contribution in [-0.4, -0.2) is 13.2 Å². The zero-order valence-electron chi connectivity index (χ0n) is 10.6. The lowest BCUT2D eigenvalue weighted by Gasteiger charge is -2.05. The Labute approximate surface area is 99.1 Å². The van der Waals surface area contributed by atoms with Crippen LogP contribution in [0.5, 0.6) is 0 Å². The SMILES string of the molecule is CC.Cc1ccc(C2=CCCOCC2)cc1. The molecule has 0 fully saturated rings. The van der Waals surface area contributed by atoms with Crippen LogP contribution in [-0.2, 0) is 4.74 Å². The molecule has 1 heterocycles. The van der Waals surface area contributed by atoms with E-state index >= 15 is 0 Å². The van der Waals surface area contributed by atoms with Crippen LogP contribution in [0.25, 0.3) is 5.57 Å². The first-order valence-electron chi connectivity index (χ1n) is 6.20. The Morgan fingerprint density at radius 3 is 2.38 bits per heavy atom. The molecule has 0 N–H and O–H groups in total. The topological polar surface area (TPSA) is 9.23 Å². The second-order valence-corrected chi connectivity index (χ2v) is 3.75. The Hall–Kier alpha value is -1.08. The van der Waals surface area contributed by atoms with Crippen molar-refractivity contribution in [2.75, 3.05) is 13.2 Å². The minimum absolute atomic E-state index is 0.861. The van der Waals surface area contributed by atoms with Gasteiger partial charge in [0.1, 0.15) is 0 Å². The lowest BCUT2D eigenvalue weighted by molar-refractivity contribution is 0.148. The van der Waals surface area contributed by atoms with Crippen LogP contribution >= 0.6 is 0 Å². The van der Waals surface area contributed by atoms with E-state index in [9.17, 15) is 0 Å². The largest absolute Gasteiger partial charge is 0.381 e. The molecule has 16 heavy (non-hydrogen) atoms. The fourth-order valence-corrected chi connectivity index (χ4v) is 1.73. The van der Waals surface area contributed by atoms with Crippen molar-refractivity contribution in [1.82, 2.24) is 0 Å². The lowest BCUT2D eigenvalue weighted by Crippen LogP contribution is -1.92. The second-order valence-electron chi connectivity index (χ2n) is 3.75. The van der Waals surface area contributed by atoms with Gasteiger partial charge in [-0.25, -0.2) is 0 Å². The molecule has 1 aromatic carbocycles. The first-order chi connectivity index (χ1) is 7.86. The molecule has 88 valence electrons. The van der Waals surface area contributed by atoms with E-state index in [2.05, 4.69) is 37.3 Å². The van der Waals surface area contributed by atoms with Crippen LogP contribution in [0.1, 0.15) is 37.8 Å². The molecule has 0 unspecified atom stereocenters. The molecule has 0 radical (unpaired) electrons. The van der Waals surface area contributed by atoms with E-state index in [0.717, 1.165) is 26.1 Å². The van der Waals surface area contributed by atoms with Gasteiger partial charge in [0.15, 0.2) is 0 Å². The highest BCUT2D eigenvalue weighted by molar-refractivity contribution is 5.65. The average molecular weight is 218 g/mol. The van der Waals surface area contributed by atoms with Gasteiger partial charge < -0.3 is 4.74 Å². The maximum absolute atomic E-state index is 5.42. The molecule has 1 heteroatoms. The molecule has 0 spiro atoms. The van der Waals surface area contributed by atoms with Gasteiger partial charge in [0, 0.05) is 0 Å². The Morgan fingerprint density at radius 1 is 1.00 bits per heavy atom. The summed E-state index contributed by atoms with van der Waals surface area (Å²) in [6.45, 7) is 7.85. The fraction of sp³-hybridized carbons (Fsp3) is 0.467. The summed E-state index contributed by atoms with van der Waals surface area (Å²) in [6.07, 6.45) is 4.39. The quantitative estimate of drug-likeness (QED) is 0.686. The second kappa shape index (κ2) is 7.24. The number of aryl methyl sites for hydroxylation is 1. The third-order valence-electron chi connectivity index (χ3n) is 2.59. The fourth-order valence-electron chi connectivity index (χ4n) is 1.73. The molecule has 2 rings (SSSR count). The summed E-state index contributed by atoms with van der Waals surface area (Å²) >= 11 is 0. The van der Waals surface area contributed by atoms with E-state index < -0.39 is 0 Å². The van der Waals surface area contributed by atoms with Crippen molar-refractivity contribution in [1.29, 1.82) is 0 Å². The standard InChI is InChI=1S/C13H16O.C2H6/c1-11-4-6-13(7-5-11)12-3-2-9-14-10-8-12;1-2/h3-7H,2,8-10H2,1H3;1-2H3. The zero-order valence-corrected chi connectivity index (χ0v) is 10.6. The molecule has 1 aliphatic heterocycles. The number of hydrogen-bond donors (Lipinski definition) is 0. The highest BCUT2D eigenvalue weighted by Gasteiger charge is 2.04. The van der Waals surface area contributed by atoms with Gasteiger partial charge in [-0.2, -0.15) is 0 Å². The molecule has 0 aliphatic carbocycles. The predicted molar refractivity (Wildman–Crippen MR) is 70.6 cm³/mol. The Kier molecular flexibility index (Phi) is 5.87. The van der Waals surface area contributed by atoms with Crippen LogP contribution in [0.4, 0.5) is 0 Å². The molecule has 1 aliphatic rings. The van der Waals surface area contributed by atoms with Gasteiger partial charge in [-0.15, -0.1) is 0 Å². The molecule has 0 aromatic heterocycles. The van der Waals surface area contributed by atoms with Gasteiger partial charge in [-0.1, -0.05) is 49.8 Å². The van der Waals surface area contributed by atoms with Crippen LogP contribution in [0.15, 0.2) is 30.3 Å². The van der Waals surface area contributed by atoms with E-state index in [1.54, 1.807) is 0 Å². The first-order valence-corrected chi connectivity index (χ1v) is 6.20. The summed E-state index contributed by atoms with van der Waals surface area (Å²) in [4.78, 5) is 0. The van der Waals surface area contributed by atoms with E-state index in [1.807, 2.05) is 13.8 Å². The number of rotatable bonds is 1. The summed E-state index contributed by atoms with van der Waals surface area (Å²) in [5, 5.41) is 0. The van der Waals surface area contributed by atoms with Crippen molar-refractivity contribution >= 4 is 5.57 Å². The summed E-state index contributed by atoms with van der Waals surface area (Å²) < 4.78 is 5.42. The van der Waals surface area contributed by atoms with Gasteiger partial charge in [-0.3, -0.25) is 0 Å². The number of hydrogen-bond acceptors (Lipinski definition) is 1. The molecule has 0 saturated carbocycles. The van der Waals surface area contributed by atoms with E-state index in [-0.39, 0.29) is 0 Å². The Balaban J connectivity index is 0.000000606. The van der Waals surface area contributed by atoms with Gasteiger partial charge in [0.05, 0.1) is 13.2 Å². The molecule has 1 aromatic rings. The van der Waals surface area contributed by atoms with E-state index in [4.69, 9.17) is 4.74 Å². The van der Waals surface area contributed by atoms with Crippen molar-refractivity contribution in [3.63, 3.8) is 0 Å². The van der Waals surface area contributed by atoms with Gasteiger partial charge in [0.25, 0.3) is 0 Å². The summed E-state index contributed by atoms with van der Waals surface area (Å²) in [5.74, 6) is 0. The van der Waals surface area contributed by atoms with Crippen molar-refractivity contribution < 1.29 is 4.74 Å². The zero-order chi connectivity index (χ0) is 11.8. The van der Waals surface area contributed by atoms with Crippen LogP contribution < -0.4 is 0 Å².